The standard InChI is InChI=1S/C17H24Br2N2O2/c1-11(14-6-5-12(18)9-15(14)19)20-13-7-8-21(10-13)16(22)23-17(2,3)4/h5-6,9,11,13,20H,7-8,10H2,1-4H3. The van der Waals surface area contributed by atoms with Crippen LogP contribution in [0.3, 0.4) is 0 Å². The highest BCUT2D eigenvalue weighted by atomic mass is 79.9. The Morgan fingerprint density at radius 1 is 1.39 bits per heavy atom. The molecule has 2 rings (SSSR count). The van der Waals surface area contributed by atoms with Crippen LogP contribution in [0, 0.1) is 0 Å². The Kier molecular flexibility index (Phi) is 6.14. The van der Waals surface area contributed by atoms with Crippen LogP contribution in [-0.2, 0) is 4.74 Å². The smallest absolute Gasteiger partial charge is 0.410 e. The minimum absolute atomic E-state index is 0.209. The van der Waals surface area contributed by atoms with E-state index in [1.807, 2.05) is 26.8 Å². The van der Waals surface area contributed by atoms with Crippen LogP contribution in [0.15, 0.2) is 27.1 Å². The number of amides is 1. The van der Waals surface area contributed by atoms with Crippen LogP contribution in [0.2, 0.25) is 0 Å². The van der Waals surface area contributed by atoms with Gasteiger partial charge in [0.2, 0.25) is 0 Å². The van der Waals surface area contributed by atoms with Crippen LogP contribution in [0.5, 0.6) is 0 Å². The number of rotatable bonds is 3. The van der Waals surface area contributed by atoms with E-state index >= 15 is 0 Å². The van der Waals surface area contributed by atoms with E-state index in [0.717, 1.165) is 21.9 Å². The van der Waals surface area contributed by atoms with Gasteiger partial charge in [-0.1, -0.05) is 37.9 Å². The maximum absolute atomic E-state index is 12.1. The SMILES string of the molecule is CC(NC1CCN(C(=O)OC(C)(C)C)C1)c1ccc(Br)cc1Br. The molecule has 2 unspecified atom stereocenters. The molecule has 0 bridgehead atoms. The fourth-order valence-electron chi connectivity index (χ4n) is 2.68. The van der Waals surface area contributed by atoms with E-state index in [0.29, 0.717) is 6.54 Å². The van der Waals surface area contributed by atoms with E-state index < -0.39 is 5.60 Å². The van der Waals surface area contributed by atoms with Gasteiger partial charge < -0.3 is 15.0 Å². The first kappa shape index (κ1) is 18.7. The molecule has 1 amide bonds. The highest BCUT2D eigenvalue weighted by Crippen LogP contribution is 2.28. The molecule has 0 spiro atoms. The highest BCUT2D eigenvalue weighted by Gasteiger charge is 2.30. The van der Waals surface area contributed by atoms with Gasteiger partial charge in [-0.2, -0.15) is 0 Å². The molecule has 0 aromatic heterocycles. The molecule has 0 radical (unpaired) electrons. The van der Waals surface area contributed by atoms with Gasteiger partial charge in [-0.3, -0.25) is 0 Å². The summed E-state index contributed by atoms with van der Waals surface area (Å²) < 4.78 is 7.57. The molecule has 128 valence electrons. The quantitative estimate of drug-likeness (QED) is 0.718. The van der Waals surface area contributed by atoms with Crippen LogP contribution < -0.4 is 5.32 Å². The molecular weight excluding hydrogens is 424 g/mol. The maximum atomic E-state index is 12.1. The molecule has 1 heterocycles. The van der Waals surface area contributed by atoms with Crippen LogP contribution in [0.4, 0.5) is 4.79 Å². The number of halogens is 2. The Balaban J connectivity index is 1.91. The maximum Gasteiger partial charge on any atom is 0.410 e. The van der Waals surface area contributed by atoms with Crippen molar-refractivity contribution in [2.75, 3.05) is 13.1 Å². The molecule has 1 aromatic carbocycles. The van der Waals surface area contributed by atoms with Gasteiger partial charge in [-0.05, 0) is 51.8 Å². The molecular formula is C17H24Br2N2O2. The largest absolute Gasteiger partial charge is 0.444 e. The topological polar surface area (TPSA) is 41.6 Å². The minimum atomic E-state index is -0.446. The van der Waals surface area contributed by atoms with Gasteiger partial charge in [0.15, 0.2) is 0 Å². The molecule has 1 aromatic rings. The second-order valence-electron chi connectivity index (χ2n) is 6.97. The average molecular weight is 448 g/mol. The highest BCUT2D eigenvalue weighted by molar-refractivity contribution is 9.11. The second-order valence-corrected chi connectivity index (χ2v) is 8.74. The third-order valence-corrected chi connectivity index (χ3v) is 4.93. The number of likely N-dealkylation sites (tertiary alicyclic amines) is 1. The van der Waals surface area contributed by atoms with E-state index in [9.17, 15) is 4.79 Å². The Morgan fingerprint density at radius 2 is 2.09 bits per heavy atom. The summed E-state index contributed by atoms with van der Waals surface area (Å²) in [5, 5.41) is 3.61. The summed E-state index contributed by atoms with van der Waals surface area (Å²) in [6.07, 6.45) is 0.719. The van der Waals surface area contributed by atoms with E-state index in [-0.39, 0.29) is 18.2 Å². The number of nitrogens with zero attached hydrogens (tertiary/aromatic N) is 1. The van der Waals surface area contributed by atoms with E-state index in [2.05, 4.69) is 56.2 Å². The number of benzene rings is 1. The first-order valence-corrected chi connectivity index (χ1v) is 9.43. The molecule has 1 saturated heterocycles. The summed E-state index contributed by atoms with van der Waals surface area (Å²) >= 11 is 7.08. The zero-order chi connectivity index (χ0) is 17.2. The first-order valence-electron chi connectivity index (χ1n) is 7.84. The molecule has 6 heteroatoms. The molecule has 1 aliphatic heterocycles. The van der Waals surface area contributed by atoms with Crippen molar-refractivity contribution in [2.45, 2.75) is 51.8 Å². The van der Waals surface area contributed by atoms with Crippen molar-refractivity contribution in [3.05, 3.63) is 32.7 Å². The van der Waals surface area contributed by atoms with Crippen molar-refractivity contribution in [3.63, 3.8) is 0 Å². The monoisotopic (exact) mass is 446 g/mol. The number of hydrogen-bond acceptors (Lipinski definition) is 3. The van der Waals surface area contributed by atoms with Crippen molar-refractivity contribution in [2.24, 2.45) is 0 Å². The van der Waals surface area contributed by atoms with E-state index in [1.165, 1.54) is 5.56 Å². The number of nitrogens with one attached hydrogen (secondary N) is 1. The molecule has 4 nitrogen and oxygen atoms in total. The fraction of sp³-hybridized carbons (Fsp3) is 0.588. The summed E-state index contributed by atoms with van der Waals surface area (Å²) in [6.45, 7) is 9.25. The second kappa shape index (κ2) is 7.53. The van der Waals surface area contributed by atoms with Crippen molar-refractivity contribution >= 4 is 38.0 Å². The van der Waals surface area contributed by atoms with Gasteiger partial charge >= 0.3 is 6.09 Å². The van der Waals surface area contributed by atoms with Gasteiger partial charge in [0.05, 0.1) is 0 Å². The Morgan fingerprint density at radius 3 is 2.70 bits per heavy atom. The molecule has 2 atom stereocenters. The summed E-state index contributed by atoms with van der Waals surface area (Å²) in [6, 6.07) is 6.69. The number of ether oxygens (including phenoxy) is 1. The summed E-state index contributed by atoms with van der Waals surface area (Å²) in [7, 11) is 0. The summed E-state index contributed by atoms with van der Waals surface area (Å²) in [4.78, 5) is 13.9. The third kappa shape index (κ3) is 5.47. The van der Waals surface area contributed by atoms with Crippen molar-refractivity contribution in [1.29, 1.82) is 0 Å². The molecule has 23 heavy (non-hydrogen) atoms. The zero-order valence-corrected chi connectivity index (χ0v) is 17.2. The lowest BCUT2D eigenvalue weighted by Gasteiger charge is -2.25. The normalized spacial score (nSPS) is 19.7. The predicted octanol–water partition coefficient (Wildman–Crippen LogP) is 4.87. The van der Waals surface area contributed by atoms with Gasteiger partial charge in [0, 0.05) is 34.1 Å². The van der Waals surface area contributed by atoms with Gasteiger partial charge in [0.25, 0.3) is 0 Å². The lowest BCUT2D eigenvalue weighted by molar-refractivity contribution is 0.0290. The molecule has 1 fully saturated rings. The van der Waals surface area contributed by atoms with Gasteiger partial charge in [-0.15, -0.1) is 0 Å². The van der Waals surface area contributed by atoms with Crippen molar-refractivity contribution in [1.82, 2.24) is 10.2 Å². The average Bonchev–Trinajstić information content (AvgIpc) is 2.85. The van der Waals surface area contributed by atoms with Crippen molar-refractivity contribution in [3.8, 4) is 0 Å². The molecule has 1 N–H and O–H groups in total. The van der Waals surface area contributed by atoms with Crippen LogP contribution in [0.1, 0.15) is 45.7 Å². The van der Waals surface area contributed by atoms with Gasteiger partial charge in [-0.25, -0.2) is 4.79 Å². The number of carbonyl (C=O) groups is 1. The minimum Gasteiger partial charge on any atom is -0.444 e. The first-order chi connectivity index (χ1) is 10.7. The van der Waals surface area contributed by atoms with Crippen LogP contribution >= 0.6 is 31.9 Å². The lowest BCUT2D eigenvalue weighted by Crippen LogP contribution is -2.39. The molecule has 0 aliphatic carbocycles. The third-order valence-electron chi connectivity index (χ3n) is 3.75. The fourth-order valence-corrected chi connectivity index (χ4v) is 4.08. The van der Waals surface area contributed by atoms with E-state index in [4.69, 9.17) is 4.74 Å². The van der Waals surface area contributed by atoms with Crippen molar-refractivity contribution < 1.29 is 9.53 Å². The predicted molar refractivity (Wildman–Crippen MR) is 99.6 cm³/mol. The zero-order valence-electron chi connectivity index (χ0n) is 14.0. The van der Waals surface area contributed by atoms with Crippen LogP contribution in [0.25, 0.3) is 0 Å². The van der Waals surface area contributed by atoms with Gasteiger partial charge in [0.1, 0.15) is 5.60 Å². The van der Waals surface area contributed by atoms with E-state index in [1.54, 1.807) is 4.90 Å². The molecule has 1 aliphatic rings. The molecule has 0 saturated carbocycles. The Labute approximate surface area is 155 Å². The summed E-state index contributed by atoms with van der Waals surface area (Å²) in [5.74, 6) is 0. The van der Waals surface area contributed by atoms with Crippen LogP contribution in [-0.4, -0.2) is 35.7 Å². The lowest BCUT2D eigenvalue weighted by atomic mass is 10.1. The number of hydrogen-bond donors (Lipinski definition) is 1. The summed E-state index contributed by atoms with van der Waals surface area (Å²) in [5.41, 5.74) is 0.766. The Bertz CT molecular complexity index is 572. The Hall–Kier alpha value is -0.590. The number of carbonyl (C=O) groups excluding carboxylic acids is 1.